The van der Waals surface area contributed by atoms with E-state index in [9.17, 15) is 0 Å². The Morgan fingerprint density at radius 3 is 2.00 bits per heavy atom. The van der Waals surface area contributed by atoms with E-state index in [0.717, 1.165) is 12.8 Å². The Morgan fingerprint density at radius 1 is 1.44 bits per heavy atom. The summed E-state index contributed by atoms with van der Waals surface area (Å²) in [6, 6.07) is 0. The van der Waals surface area contributed by atoms with E-state index < -0.39 is 6.29 Å². The molecule has 9 heavy (non-hydrogen) atoms. The number of ether oxygens (including phenoxy) is 1. The minimum absolute atomic E-state index is 0.164. The highest BCUT2D eigenvalue weighted by Crippen LogP contribution is 2.03. The lowest BCUT2D eigenvalue weighted by molar-refractivity contribution is -0.108. The predicted molar refractivity (Wildman–Crippen MR) is 36.8 cm³/mol. The molecule has 0 aliphatic rings. The van der Waals surface area contributed by atoms with Crippen LogP contribution in [0.5, 0.6) is 0 Å². The molecule has 2 nitrogen and oxygen atoms in total. The van der Waals surface area contributed by atoms with Gasteiger partial charge >= 0.3 is 0 Å². The highest BCUT2D eigenvalue weighted by molar-refractivity contribution is 4.53. The molecule has 1 atom stereocenters. The van der Waals surface area contributed by atoms with Crippen LogP contribution in [-0.2, 0) is 4.74 Å². The molecule has 0 fully saturated rings. The first-order chi connectivity index (χ1) is 4.20. The van der Waals surface area contributed by atoms with Crippen molar-refractivity contribution in [2.75, 3.05) is 0 Å². The molecule has 0 spiro atoms. The van der Waals surface area contributed by atoms with Gasteiger partial charge in [0, 0.05) is 6.92 Å². The summed E-state index contributed by atoms with van der Waals surface area (Å²) in [4.78, 5) is 0. The van der Waals surface area contributed by atoms with Crippen molar-refractivity contribution in [3.05, 3.63) is 6.92 Å². The third-order valence-electron chi connectivity index (χ3n) is 1.26. The van der Waals surface area contributed by atoms with Gasteiger partial charge in [-0.25, -0.2) is 0 Å². The minimum atomic E-state index is -0.866. The van der Waals surface area contributed by atoms with E-state index in [-0.39, 0.29) is 6.10 Å². The normalized spacial score (nSPS) is 14.3. The van der Waals surface area contributed by atoms with E-state index >= 15 is 0 Å². The van der Waals surface area contributed by atoms with Crippen LogP contribution in [0.1, 0.15) is 26.7 Å². The second kappa shape index (κ2) is 4.77. The molecular formula is C7H15O2. The molecule has 55 valence electrons. The van der Waals surface area contributed by atoms with Crippen molar-refractivity contribution in [3.63, 3.8) is 0 Å². The van der Waals surface area contributed by atoms with E-state index in [1.807, 2.05) is 13.8 Å². The average molecular weight is 131 g/mol. The Bertz CT molecular complexity index is 57.9. The van der Waals surface area contributed by atoms with Crippen LogP contribution < -0.4 is 0 Å². The van der Waals surface area contributed by atoms with Crippen LogP contribution >= 0.6 is 0 Å². The monoisotopic (exact) mass is 131 g/mol. The van der Waals surface area contributed by atoms with E-state index in [2.05, 4.69) is 6.92 Å². The Kier molecular flexibility index (Phi) is 4.72. The summed E-state index contributed by atoms with van der Waals surface area (Å²) in [5, 5.41) is 8.65. The van der Waals surface area contributed by atoms with Crippen molar-refractivity contribution in [1.29, 1.82) is 0 Å². The number of hydrogen-bond donors (Lipinski definition) is 1. The van der Waals surface area contributed by atoms with Crippen molar-refractivity contribution in [2.45, 2.75) is 39.1 Å². The zero-order chi connectivity index (χ0) is 7.28. The predicted octanol–water partition coefficient (Wildman–Crippen LogP) is 1.34. The maximum atomic E-state index is 8.65. The van der Waals surface area contributed by atoms with Crippen LogP contribution in [0.3, 0.4) is 0 Å². The quantitative estimate of drug-likeness (QED) is 0.583. The summed E-state index contributed by atoms with van der Waals surface area (Å²) in [6.07, 6.45) is 1.17. The summed E-state index contributed by atoms with van der Waals surface area (Å²) < 4.78 is 4.99. The molecule has 0 aromatic heterocycles. The van der Waals surface area contributed by atoms with E-state index in [0.29, 0.717) is 0 Å². The molecule has 0 saturated carbocycles. The maximum Gasteiger partial charge on any atom is 0.155 e. The Labute approximate surface area is 56.8 Å². The molecule has 0 rings (SSSR count). The van der Waals surface area contributed by atoms with Crippen LogP contribution in [0, 0.1) is 6.92 Å². The van der Waals surface area contributed by atoms with Gasteiger partial charge in [0.25, 0.3) is 0 Å². The number of aliphatic hydroxyl groups excluding tert-OH is 1. The topological polar surface area (TPSA) is 29.5 Å². The largest absolute Gasteiger partial charge is 0.368 e. The van der Waals surface area contributed by atoms with E-state index in [4.69, 9.17) is 9.84 Å². The van der Waals surface area contributed by atoms with Crippen LogP contribution in [0.15, 0.2) is 0 Å². The zero-order valence-electron chi connectivity index (χ0n) is 6.13. The second-order valence-corrected chi connectivity index (χ2v) is 2.03. The van der Waals surface area contributed by atoms with Gasteiger partial charge in [-0.3, -0.25) is 0 Å². The van der Waals surface area contributed by atoms with Crippen LogP contribution in [0.4, 0.5) is 0 Å². The molecule has 2 heteroatoms. The number of hydrogen-bond acceptors (Lipinski definition) is 2. The molecule has 1 N–H and O–H groups in total. The molecule has 0 bridgehead atoms. The first-order valence-corrected chi connectivity index (χ1v) is 3.37. The molecule has 0 aliphatic heterocycles. The summed E-state index contributed by atoms with van der Waals surface area (Å²) >= 11 is 0. The Morgan fingerprint density at radius 2 is 1.89 bits per heavy atom. The highest BCUT2D eigenvalue weighted by Gasteiger charge is 2.05. The maximum absolute atomic E-state index is 8.65. The third-order valence-corrected chi connectivity index (χ3v) is 1.26. The average Bonchev–Trinajstić information content (AvgIpc) is 1.82. The van der Waals surface area contributed by atoms with Gasteiger partial charge in [0.2, 0.25) is 0 Å². The lowest BCUT2D eigenvalue weighted by Crippen LogP contribution is -2.17. The molecule has 0 aromatic carbocycles. The van der Waals surface area contributed by atoms with Gasteiger partial charge < -0.3 is 9.84 Å². The molecular weight excluding hydrogens is 116 g/mol. The first-order valence-electron chi connectivity index (χ1n) is 3.37. The smallest absolute Gasteiger partial charge is 0.155 e. The molecule has 0 aromatic rings. The number of rotatable bonds is 4. The van der Waals surface area contributed by atoms with Crippen molar-refractivity contribution in [3.8, 4) is 0 Å². The highest BCUT2D eigenvalue weighted by atomic mass is 16.6. The second-order valence-electron chi connectivity index (χ2n) is 2.03. The van der Waals surface area contributed by atoms with Gasteiger partial charge in [0.15, 0.2) is 6.29 Å². The Hall–Kier alpha value is -0.0800. The zero-order valence-corrected chi connectivity index (χ0v) is 6.13. The first kappa shape index (κ1) is 8.92. The fraction of sp³-hybridized carbons (Fsp3) is 0.857. The van der Waals surface area contributed by atoms with Gasteiger partial charge in [-0.2, -0.15) is 0 Å². The SMILES string of the molecule is [CH2]C(O)OC(CC)CC. The van der Waals surface area contributed by atoms with Crippen LogP contribution in [-0.4, -0.2) is 17.5 Å². The molecule has 0 heterocycles. The molecule has 1 unspecified atom stereocenters. The summed E-state index contributed by atoms with van der Waals surface area (Å²) in [5.41, 5.74) is 0. The van der Waals surface area contributed by atoms with Gasteiger partial charge in [-0.15, -0.1) is 0 Å². The van der Waals surface area contributed by atoms with Gasteiger partial charge in [0.1, 0.15) is 0 Å². The van der Waals surface area contributed by atoms with Gasteiger partial charge in [-0.05, 0) is 12.8 Å². The third kappa shape index (κ3) is 4.43. The Balaban J connectivity index is 3.31. The minimum Gasteiger partial charge on any atom is -0.368 e. The fourth-order valence-electron chi connectivity index (χ4n) is 0.703. The van der Waals surface area contributed by atoms with E-state index in [1.54, 1.807) is 0 Å². The summed E-state index contributed by atoms with van der Waals surface area (Å²) in [5.74, 6) is 0. The summed E-state index contributed by atoms with van der Waals surface area (Å²) in [7, 11) is 0. The summed E-state index contributed by atoms with van der Waals surface area (Å²) in [6.45, 7) is 7.36. The lowest BCUT2D eigenvalue weighted by Gasteiger charge is -2.15. The van der Waals surface area contributed by atoms with Crippen LogP contribution in [0.2, 0.25) is 0 Å². The molecule has 0 amide bonds. The number of aliphatic hydroxyl groups is 1. The standard InChI is InChI=1S/C7H15O2/c1-4-7(5-2)9-6(3)8/h6-8H,3-5H2,1-2H3. The van der Waals surface area contributed by atoms with Crippen molar-refractivity contribution in [2.24, 2.45) is 0 Å². The van der Waals surface area contributed by atoms with Crippen LogP contribution in [0.25, 0.3) is 0 Å². The molecule has 1 radical (unpaired) electrons. The van der Waals surface area contributed by atoms with Crippen molar-refractivity contribution in [1.82, 2.24) is 0 Å². The molecule has 0 aliphatic carbocycles. The van der Waals surface area contributed by atoms with Crippen molar-refractivity contribution >= 4 is 0 Å². The fourth-order valence-corrected chi connectivity index (χ4v) is 0.703. The molecule has 0 saturated heterocycles. The van der Waals surface area contributed by atoms with Gasteiger partial charge in [0.05, 0.1) is 6.10 Å². The van der Waals surface area contributed by atoms with Gasteiger partial charge in [-0.1, -0.05) is 13.8 Å². The lowest BCUT2D eigenvalue weighted by atomic mass is 10.2. The van der Waals surface area contributed by atoms with E-state index in [1.165, 1.54) is 0 Å². The van der Waals surface area contributed by atoms with Crippen molar-refractivity contribution < 1.29 is 9.84 Å².